The van der Waals surface area contributed by atoms with Crippen LogP contribution in [0.1, 0.15) is 11.3 Å². The van der Waals surface area contributed by atoms with E-state index in [1.54, 1.807) is 12.1 Å². The van der Waals surface area contributed by atoms with Crippen molar-refractivity contribution in [2.75, 3.05) is 23.7 Å². The molecule has 22 heavy (non-hydrogen) atoms. The van der Waals surface area contributed by atoms with Gasteiger partial charge in [0.1, 0.15) is 5.82 Å². The zero-order chi connectivity index (χ0) is 15.9. The van der Waals surface area contributed by atoms with Gasteiger partial charge in [-0.3, -0.25) is 0 Å². The number of hydrogen-bond acceptors (Lipinski definition) is 4. The van der Waals surface area contributed by atoms with Gasteiger partial charge in [0.15, 0.2) is 0 Å². The molecule has 4 nitrogen and oxygen atoms in total. The predicted octanol–water partition coefficient (Wildman–Crippen LogP) is 4.34. The molecule has 0 saturated carbocycles. The number of benzene rings is 1. The molecule has 0 fully saturated rings. The van der Waals surface area contributed by atoms with Gasteiger partial charge in [0.2, 0.25) is 5.95 Å². The van der Waals surface area contributed by atoms with Crippen molar-refractivity contribution in [3.05, 3.63) is 58.2 Å². The molecule has 1 aromatic heterocycles. The average Bonchev–Trinajstić information content (AvgIpc) is 2.47. The summed E-state index contributed by atoms with van der Waals surface area (Å²) in [5.41, 5.74) is 1.94. The molecule has 0 amide bonds. The van der Waals surface area contributed by atoms with E-state index in [-0.39, 0.29) is 0 Å². The van der Waals surface area contributed by atoms with Gasteiger partial charge in [-0.25, -0.2) is 4.98 Å². The second kappa shape index (κ2) is 8.01. The van der Waals surface area contributed by atoms with Crippen molar-refractivity contribution in [1.82, 2.24) is 9.97 Å². The van der Waals surface area contributed by atoms with Crippen molar-refractivity contribution in [2.24, 2.45) is 0 Å². The van der Waals surface area contributed by atoms with Gasteiger partial charge in [-0.05, 0) is 31.0 Å². The minimum atomic E-state index is 0.594. The molecule has 0 aliphatic rings. The van der Waals surface area contributed by atoms with Crippen molar-refractivity contribution in [3.8, 4) is 0 Å². The average molecular weight is 337 g/mol. The Morgan fingerprint density at radius 2 is 2.00 bits per heavy atom. The molecular weight excluding hydrogens is 319 g/mol. The molecule has 0 bridgehead atoms. The van der Waals surface area contributed by atoms with Gasteiger partial charge >= 0.3 is 0 Å². The molecule has 0 radical (unpaired) electrons. The summed E-state index contributed by atoms with van der Waals surface area (Å²) in [5, 5.41) is 7.68. The molecule has 2 aromatic rings. The van der Waals surface area contributed by atoms with E-state index in [1.807, 2.05) is 25.1 Å². The highest BCUT2D eigenvalue weighted by Gasteiger charge is 2.04. The lowest BCUT2D eigenvalue weighted by Crippen LogP contribution is -2.10. The first-order valence-corrected chi connectivity index (χ1v) is 7.72. The first-order valence-electron chi connectivity index (χ1n) is 6.96. The normalized spacial score (nSPS) is 10.3. The first-order chi connectivity index (χ1) is 10.6. The quantitative estimate of drug-likeness (QED) is 0.738. The van der Waals surface area contributed by atoms with Crippen LogP contribution >= 0.6 is 23.2 Å². The zero-order valence-electron chi connectivity index (χ0n) is 12.4. The number of rotatable bonds is 7. The number of aromatic nitrogens is 2. The molecule has 1 aromatic carbocycles. The van der Waals surface area contributed by atoms with Crippen LogP contribution in [0.5, 0.6) is 0 Å². The Balaban J connectivity index is 1.96. The Hall–Kier alpha value is -1.78. The Morgan fingerprint density at radius 1 is 1.18 bits per heavy atom. The van der Waals surface area contributed by atoms with Gasteiger partial charge in [-0.1, -0.05) is 35.3 Å². The molecule has 0 saturated heterocycles. The highest BCUT2D eigenvalue weighted by Crippen LogP contribution is 2.21. The summed E-state index contributed by atoms with van der Waals surface area (Å²) in [4.78, 5) is 8.77. The topological polar surface area (TPSA) is 49.8 Å². The van der Waals surface area contributed by atoms with E-state index >= 15 is 0 Å². The molecule has 2 rings (SSSR count). The maximum absolute atomic E-state index is 6.16. The van der Waals surface area contributed by atoms with Crippen LogP contribution in [0.25, 0.3) is 0 Å². The number of nitrogens with zero attached hydrogens (tertiary/aromatic N) is 2. The van der Waals surface area contributed by atoms with Gasteiger partial charge in [0.25, 0.3) is 0 Å². The zero-order valence-corrected chi connectivity index (χ0v) is 13.9. The van der Waals surface area contributed by atoms with Crippen LogP contribution in [0.2, 0.25) is 10.0 Å². The smallest absolute Gasteiger partial charge is 0.224 e. The van der Waals surface area contributed by atoms with Crippen LogP contribution < -0.4 is 10.6 Å². The maximum atomic E-state index is 6.16. The Kier molecular flexibility index (Phi) is 6.04. The number of aryl methyl sites for hydroxylation is 1. The number of halogens is 2. The lowest BCUT2D eigenvalue weighted by atomic mass is 10.1. The van der Waals surface area contributed by atoms with Crippen LogP contribution in [0.4, 0.5) is 11.8 Å². The molecule has 1 heterocycles. The van der Waals surface area contributed by atoms with Crippen LogP contribution in [0.3, 0.4) is 0 Å². The lowest BCUT2D eigenvalue weighted by molar-refractivity contribution is 0.974. The molecule has 116 valence electrons. The van der Waals surface area contributed by atoms with E-state index in [9.17, 15) is 0 Å². The summed E-state index contributed by atoms with van der Waals surface area (Å²) in [7, 11) is 0. The fourth-order valence-electron chi connectivity index (χ4n) is 1.95. The van der Waals surface area contributed by atoms with Gasteiger partial charge in [-0.15, -0.1) is 6.58 Å². The molecule has 0 aliphatic heterocycles. The Labute approximate surface area is 140 Å². The summed E-state index contributed by atoms with van der Waals surface area (Å²) in [5.74, 6) is 1.37. The predicted molar refractivity (Wildman–Crippen MR) is 94.1 cm³/mol. The molecule has 0 spiro atoms. The highest BCUT2D eigenvalue weighted by atomic mass is 35.5. The van der Waals surface area contributed by atoms with Gasteiger partial charge in [0, 0.05) is 34.9 Å². The maximum Gasteiger partial charge on any atom is 0.224 e. The fourth-order valence-corrected chi connectivity index (χ4v) is 2.45. The SMILES string of the molecule is C=CCNc1cc(C)nc(NCCc2ccc(Cl)cc2Cl)n1. The molecule has 0 atom stereocenters. The largest absolute Gasteiger partial charge is 0.366 e. The van der Waals surface area contributed by atoms with Gasteiger partial charge < -0.3 is 10.6 Å². The molecule has 2 N–H and O–H groups in total. The minimum Gasteiger partial charge on any atom is -0.366 e. The number of anilines is 2. The third-order valence-corrected chi connectivity index (χ3v) is 3.56. The first kappa shape index (κ1) is 16.6. The Bertz CT molecular complexity index is 659. The minimum absolute atomic E-state index is 0.594. The van der Waals surface area contributed by atoms with Crippen molar-refractivity contribution in [3.63, 3.8) is 0 Å². The summed E-state index contributed by atoms with van der Waals surface area (Å²) >= 11 is 12.0. The van der Waals surface area contributed by atoms with Gasteiger partial charge in [-0.2, -0.15) is 4.98 Å². The van der Waals surface area contributed by atoms with Crippen LogP contribution in [0.15, 0.2) is 36.9 Å². The summed E-state index contributed by atoms with van der Waals surface area (Å²) in [6, 6.07) is 7.41. The second-order valence-electron chi connectivity index (χ2n) is 4.80. The van der Waals surface area contributed by atoms with Crippen LogP contribution in [-0.4, -0.2) is 23.1 Å². The van der Waals surface area contributed by atoms with Crippen molar-refractivity contribution in [1.29, 1.82) is 0 Å². The van der Waals surface area contributed by atoms with Crippen LogP contribution in [-0.2, 0) is 6.42 Å². The van der Waals surface area contributed by atoms with E-state index in [0.29, 0.717) is 29.1 Å². The lowest BCUT2D eigenvalue weighted by Gasteiger charge is -2.09. The summed E-state index contributed by atoms with van der Waals surface area (Å²) < 4.78 is 0. The van der Waals surface area contributed by atoms with Crippen molar-refractivity contribution in [2.45, 2.75) is 13.3 Å². The fraction of sp³-hybridized carbons (Fsp3) is 0.250. The second-order valence-corrected chi connectivity index (χ2v) is 5.64. The molecule has 0 aliphatic carbocycles. The summed E-state index contributed by atoms with van der Waals surface area (Å²) in [6.45, 7) is 6.96. The highest BCUT2D eigenvalue weighted by molar-refractivity contribution is 6.35. The van der Waals surface area contributed by atoms with E-state index in [2.05, 4.69) is 27.2 Å². The van der Waals surface area contributed by atoms with E-state index < -0.39 is 0 Å². The van der Waals surface area contributed by atoms with Crippen molar-refractivity contribution >= 4 is 35.0 Å². The van der Waals surface area contributed by atoms with E-state index in [4.69, 9.17) is 23.2 Å². The van der Waals surface area contributed by atoms with E-state index in [1.165, 1.54) is 0 Å². The van der Waals surface area contributed by atoms with Gasteiger partial charge in [0.05, 0.1) is 0 Å². The Morgan fingerprint density at radius 3 is 2.73 bits per heavy atom. The van der Waals surface area contributed by atoms with Crippen LogP contribution in [0, 0.1) is 6.92 Å². The molecular formula is C16H18Cl2N4. The third kappa shape index (κ3) is 4.90. The monoisotopic (exact) mass is 336 g/mol. The molecule has 6 heteroatoms. The van der Waals surface area contributed by atoms with Crippen molar-refractivity contribution < 1.29 is 0 Å². The standard InChI is InChI=1S/C16H18Cl2N4/c1-3-7-19-15-9-11(2)21-16(22-15)20-8-6-12-4-5-13(17)10-14(12)18/h3-5,9-10H,1,6-8H2,2H3,(H2,19,20,21,22). The number of hydrogen-bond donors (Lipinski definition) is 2. The third-order valence-electron chi connectivity index (χ3n) is 2.97. The molecule has 0 unspecified atom stereocenters. The van der Waals surface area contributed by atoms with E-state index in [0.717, 1.165) is 23.5 Å². The summed E-state index contributed by atoms with van der Waals surface area (Å²) in [6.07, 6.45) is 2.55. The number of nitrogens with one attached hydrogen (secondary N) is 2.